The van der Waals surface area contributed by atoms with Gasteiger partial charge in [-0.05, 0) is 13.0 Å². The highest BCUT2D eigenvalue weighted by Crippen LogP contribution is 2.23. The molecule has 0 aliphatic heterocycles. The lowest BCUT2D eigenvalue weighted by Crippen LogP contribution is -2.24. The number of hydrogen-bond acceptors (Lipinski definition) is 5. The molecule has 2 rings (SSSR count). The van der Waals surface area contributed by atoms with Crippen LogP contribution in [-0.2, 0) is 4.74 Å². The van der Waals surface area contributed by atoms with Crippen molar-refractivity contribution in [1.29, 1.82) is 0 Å². The number of ether oxygens (including phenoxy) is 1. The molecule has 0 aromatic heterocycles. The molecule has 0 saturated carbocycles. The Morgan fingerprint density at radius 1 is 1.17 bits per heavy atom. The van der Waals surface area contributed by atoms with Gasteiger partial charge in [0.1, 0.15) is 0 Å². The van der Waals surface area contributed by atoms with Crippen molar-refractivity contribution in [2.24, 2.45) is 0 Å². The summed E-state index contributed by atoms with van der Waals surface area (Å²) in [5.74, 6) is -1.27. The monoisotopic (exact) mass is 333 g/mol. The van der Waals surface area contributed by atoms with E-state index in [0.29, 0.717) is 5.56 Å². The molecule has 23 heavy (non-hydrogen) atoms. The van der Waals surface area contributed by atoms with Gasteiger partial charge in [0.05, 0.1) is 15.5 Å². The van der Waals surface area contributed by atoms with E-state index in [2.05, 4.69) is 0 Å². The molecular formula is C16H12ClNO5. The number of non-ortho nitro benzene ring substituents is 1. The number of nitro groups is 1. The zero-order chi connectivity index (χ0) is 17.0. The van der Waals surface area contributed by atoms with Crippen LogP contribution < -0.4 is 0 Å². The SMILES string of the molecule is C[C@@H](OC(=O)c1cc([N+](=O)[O-])ccc1Cl)C(=O)c1ccccc1. The van der Waals surface area contributed by atoms with Crippen LogP contribution in [0.15, 0.2) is 48.5 Å². The van der Waals surface area contributed by atoms with E-state index in [1.54, 1.807) is 30.3 Å². The van der Waals surface area contributed by atoms with E-state index < -0.39 is 17.0 Å². The van der Waals surface area contributed by atoms with Crippen molar-refractivity contribution in [2.75, 3.05) is 0 Å². The van der Waals surface area contributed by atoms with Gasteiger partial charge in [-0.3, -0.25) is 14.9 Å². The number of benzene rings is 2. The van der Waals surface area contributed by atoms with E-state index in [4.69, 9.17) is 16.3 Å². The van der Waals surface area contributed by atoms with Crippen molar-refractivity contribution in [2.45, 2.75) is 13.0 Å². The fourth-order valence-corrected chi connectivity index (χ4v) is 2.09. The van der Waals surface area contributed by atoms with Crippen LogP contribution in [0.3, 0.4) is 0 Å². The van der Waals surface area contributed by atoms with Gasteiger partial charge in [-0.2, -0.15) is 0 Å². The van der Waals surface area contributed by atoms with E-state index in [-0.39, 0.29) is 22.1 Å². The first-order valence-corrected chi connectivity index (χ1v) is 7.02. The molecular weight excluding hydrogens is 322 g/mol. The van der Waals surface area contributed by atoms with Gasteiger partial charge in [0, 0.05) is 17.7 Å². The second-order valence-electron chi connectivity index (χ2n) is 4.70. The fraction of sp³-hybridized carbons (Fsp3) is 0.125. The number of hydrogen-bond donors (Lipinski definition) is 0. The summed E-state index contributed by atoms with van der Waals surface area (Å²) in [6, 6.07) is 11.8. The Labute approximate surface area is 136 Å². The van der Waals surface area contributed by atoms with Crippen LogP contribution >= 0.6 is 11.6 Å². The molecule has 2 aromatic rings. The summed E-state index contributed by atoms with van der Waals surface area (Å²) >= 11 is 5.87. The molecule has 6 nitrogen and oxygen atoms in total. The van der Waals surface area contributed by atoms with Crippen molar-refractivity contribution >= 4 is 29.0 Å². The number of Topliss-reactive ketones (excluding diaryl/α,β-unsaturated/α-hetero) is 1. The van der Waals surface area contributed by atoms with E-state index in [1.165, 1.54) is 19.1 Å². The van der Waals surface area contributed by atoms with Gasteiger partial charge in [-0.1, -0.05) is 41.9 Å². The zero-order valence-electron chi connectivity index (χ0n) is 12.1. The van der Waals surface area contributed by atoms with Crippen molar-refractivity contribution in [3.8, 4) is 0 Å². The summed E-state index contributed by atoms with van der Waals surface area (Å²) in [6.07, 6.45) is -1.04. The molecule has 0 heterocycles. The summed E-state index contributed by atoms with van der Waals surface area (Å²) in [5, 5.41) is 10.8. The van der Waals surface area contributed by atoms with E-state index in [1.807, 2.05) is 0 Å². The summed E-state index contributed by atoms with van der Waals surface area (Å²) in [7, 11) is 0. The molecule has 0 amide bonds. The lowest BCUT2D eigenvalue weighted by atomic mass is 10.1. The second-order valence-corrected chi connectivity index (χ2v) is 5.11. The van der Waals surface area contributed by atoms with Crippen LogP contribution in [0.5, 0.6) is 0 Å². The summed E-state index contributed by atoms with van der Waals surface area (Å²) < 4.78 is 5.07. The quantitative estimate of drug-likeness (QED) is 0.360. The molecule has 0 saturated heterocycles. The smallest absolute Gasteiger partial charge is 0.340 e. The molecule has 0 fully saturated rings. The minimum Gasteiger partial charge on any atom is -0.451 e. The predicted octanol–water partition coefficient (Wildman–Crippen LogP) is 3.68. The lowest BCUT2D eigenvalue weighted by Gasteiger charge is -2.13. The Morgan fingerprint density at radius 2 is 1.83 bits per heavy atom. The van der Waals surface area contributed by atoms with Gasteiger partial charge < -0.3 is 4.74 Å². The number of carbonyl (C=O) groups excluding carboxylic acids is 2. The molecule has 1 atom stereocenters. The van der Waals surface area contributed by atoms with Crippen LogP contribution in [0, 0.1) is 10.1 Å². The molecule has 7 heteroatoms. The highest BCUT2D eigenvalue weighted by Gasteiger charge is 2.23. The third-order valence-corrected chi connectivity index (χ3v) is 3.42. The van der Waals surface area contributed by atoms with E-state index >= 15 is 0 Å². The summed E-state index contributed by atoms with van der Waals surface area (Å²) in [5.41, 5.74) is -0.0464. The highest BCUT2D eigenvalue weighted by molar-refractivity contribution is 6.33. The average molecular weight is 334 g/mol. The van der Waals surface area contributed by atoms with Crippen molar-refractivity contribution in [3.05, 3.63) is 74.8 Å². The number of ketones is 1. The van der Waals surface area contributed by atoms with Gasteiger partial charge in [0.15, 0.2) is 6.10 Å². The number of nitrogens with zero attached hydrogens (tertiary/aromatic N) is 1. The third-order valence-electron chi connectivity index (χ3n) is 3.09. The minimum atomic E-state index is -1.04. The van der Waals surface area contributed by atoms with Gasteiger partial charge in [0.2, 0.25) is 5.78 Å². The Hall–Kier alpha value is -2.73. The molecule has 0 aliphatic carbocycles. The molecule has 0 radical (unpaired) electrons. The predicted molar refractivity (Wildman–Crippen MR) is 83.8 cm³/mol. The van der Waals surface area contributed by atoms with E-state index in [9.17, 15) is 19.7 Å². The van der Waals surface area contributed by atoms with Crippen LogP contribution in [0.1, 0.15) is 27.6 Å². The first-order valence-electron chi connectivity index (χ1n) is 6.64. The Morgan fingerprint density at radius 3 is 2.43 bits per heavy atom. The maximum Gasteiger partial charge on any atom is 0.340 e. The summed E-state index contributed by atoms with van der Waals surface area (Å²) in [4.78, 5) is 34.4. The van der Waals surface area contributed by atoms with Crippen LogP contribution in [0.4, 0.5) is 5.69 Å². The van der Waals surface area contributed by atoms with E-state index in [0.717, 1.165) is 6.07 Å². The Balaban J connectivity index is 2.17. The number of carbonyl (C=O) groups is 2. The number of nitro benzene ring substituents is 1. The maximum atomic E-state index is 12.2. The van der Waals surface area contributed by atoms with Crippen LogP contribution in [-0.4, -0.2) is 22.8 Å². The van der Waals surface area contributed by atoms with Crippen molar-refractivity contribution in [3.63, 3.8) is 0 Å². The maximum absolute atomic E-state index is 12.2. The Bertz CT molecular complexity index is 760. The topological polar surface area (TPSA) is 86.5 Å². The van der Waals surface area contributed by atoms with Gasteiger partial charge >= 0.3 is 5.97 Å². The Kier molecular flexibility index (Phi) is 5.08. The molecule has 0 unspecified atom stereocenters. The molecule has 0 aliphatic rings. The lowest BCUT2D eigenvalue weighted by molar-refractivity contribution is -0.384. The summed E-state index contributed by atoms with van der Waals surface area (Å²) in [6.45, 7) is 1.43. The second kappa shape index (κ2) is 7.02. The molecule has 2 aromatic carbocycles. The van der Waals surface area contributed by atoms with Gasteiger partial charge in [0.25, 0.3) is 5.69 Å². The zero-order valence-corrected chi connectivity index (χ0v) is 12.8. The average Bonchev–Trinajstić information content (AvgIpc) is 2.54. The minimum absolute atomic E-state index is 0.0139. The van der Waals surface area contributed by atoms with Crippen molar-refractivity contribution < 1.29 is 19.2 Å². The highest BCUT2D eigenvalue weighted by atomic mass is 35.5. The number of halogens is 1. The first kappa shape index (κ1) is 16.6. The van der Waals surface area contributed by atoms with Gasteiger partial charge in [-0.25, -0.2) is 4.79 Å². The normalized spacial score (nSPS) is 11.6. The van der Waals surface area contributed by atoms with Gasteiger partial charge in [-0.15, -0.1) is 0 Å². The van der Waals surface area contributed by atoms with Crippen molar-refractivity contribution in [1.82, 2.24) is 0 Å². The fourth-order valence-electron chi connectivity index (χ4n) is 1.90. The largest absolute Gasteiger partial charge is 0.451 e. The third kappa shape index (κ3) is 3.92. The molecule has 0 spiro atoms. The standard InChI is InChI=1S/C16H12ClNO5/c1-10(15(19)11-5-3-2-4-6-11)23-16(20)13-9-12(18(21)22)7-8-14(13)17/h2-10H,1H3/t10-/m1/s1. The number of esters is 1. The molecule has 118 valence electrons. The van der Waals surface area contributed by atoms with Crippen LogP contribution in [0.2, 0.25) is 5.02 Å². The molecule has 0 N–H and O–H groups in total. The van der Waals surface area contributed by atoms with Crippen LogP contribution in [0.25, 0.3) is 0 Å². The first-order chi connectivity index (χ1) is 10.9. The number of rotatable bonds is 5. The molecule has 0 bridgehead atoms.